The number of halogens is 4. The van der Waals surface area contributed by atoms with Crippen LogP contribution in [-0.4, -0.2) is 25.2 Å². The molecule has 0 saturated heterocycles. The van der Waals surface area contributed by atoms with Gasteiger partial charge < -0.3 is 26.7 Å². The number of rotatable bonds is 6. The monoisotopic (exact) mass is 370 g/mol. The molecule has 2 aromatic rings. The lowest BCUT2D eigenvalue weighted by atomic mass is 9.90. The summed E-state index contributed by atoms with van der Waals surface area (Å²) in [7, 11) is -6.00. The van der Waals surface area contributed by atoms with E-state index in [2.05, 4.69) is 56.3 Å². The largest absolute Gasteiger partial charge is 0.673 e. The van der Waals surface area contributed by atoms with Crippen LogP contribution in [-0.2, 0) is 0 Å². The van der Waals surface area contributed by atoms with Gasteiger partial charge in [-0.3, -0.25) is 0 Å². The van der Waals surface area contributed by atoms with Crippen LogP contribution in [0.3, 0.4) is 0 Å². The lowest BCUT2D eigenvalue weighted by Crippen LogP contribution is -2.12. The van der Waals surface area contributed by atoms with E-state index in [1.165, 1.54) is 21.9 Å². The molecule has 0 amide bonds. The zero-order valence-corrected chi connectivity index (χ0v) is 14.9. The first kappa shape index (κ1) is 20.3. The third-order valence-corrected chi connectivity index (χ3v) is 3.97. The molecule has 2 aromatic carbocycles. The molecule has 1 atom stereocenters. The van der Waals surface area contributed by atoms with Crippen molar-refractivity contribution < 1.29 is 26.7 Å². The number of ether oxygens (including phenoxy) is 2. The van der Waals surface area contributed by atoms with E-state index < -0.39 is 7.25 Å². The summed E-state index contributed by atoms with van der Waals surface area (Å²) < 4.78 is 49.8. The molecule has 1 aliphatic carbocycles. The predicted molar refractivity (Wildman–Crippen MR) is 99.1 cm³/mol. The van der Waals surface area contributed by atoms with Gasteiger partial charge in [-0.2, -0.15) is 0 Å². The molecule has 1 unspecified atom stereocenters. The van der Waals surface area contributed by atoms with Gasteiger partial charge in [0, 0.05) is 12.3 Å². The highest BCUT2D eigenvalue weighted by atomic mass is 19.5. The maximum atomic E-state index is 9.75. The van der Waals surface area contributed by atoms with Crippen molar-refractivity contribution in [3.05, 3.63) is 47.5 Å². The fourth-order valence-electron chi connectivity index (χ4n) is 2.94. The molecule has 2 nitrogen and oxygen atoms in total. The Morgan fingerprint density at radius 1 is 1.08 bits per heavy atom. The zero-order chi connectivity index (χ0) is 19.2. The molecule has 0 aromatic heterocycles. The molecule has 0 aliphatic heterocycles. The molecule has 142 valence electrons. The predicted octanol–water partition coefficient (Wildman–Crippen LogP) is 5.93. The average Bonchev–Trinajstić information content (AvgIpc) is 2.57. The third kappa shape index (κ3) is 5.49. The Labute approximate surface area is 150 Å². The molecule has 26 heavy (non-hydrogen) atoms. The van der Waals surface area contributed by atoms with Gasteiger partial charge in [-0.25, -0.2) is 0 Å². The zero-order valence-electron chi connectivity index (χ0n) is 14.9. The number of hydrogen-bond donors (Lipinski definition) is 0. The summed E-state index contributed by atoms with van der Waals surface area (Å²) in [6.07, 6.45) is 6.73. The Balaban J connectivity index is 0.000000431. The van der Waals surface area contributed by atoms with Crippen LogP contribution in [0.25, 0.3) is 16.8 Å². The molecular formula is C19H23BF4O2. The molecule has 1 N–H and O–H groups in total. The number of unbranched alkanes of at least 4 members (excludes halogenated alkanes) is 1. The lowest BCUT2D eigenvalue weighted by Gasteiger charge is -2.21. The van der Waals surface area contributed by atoms with Crippen molar-refractivity contribution in [1.29, 1.82) is 0 Å². The van der Waals surface area contributed by atoms with E-state index in [4.69, 9.17) is 9.47 Å². The Kier molecular flexibility index (Phi) is 7.09. The first-order valence-electron chi connectivity index (χ1n) is 8.75. The Morgan fingerprint density at radius 3 is 2.46 bits per heavy atom. The molecule has 7 heteroatoms. The van der Waals surface area contributed by atoms with E-state index in [0.29, 0.717) is 0 Å². The highest BCUT2D eigenvalue weighted by Gasteiger charge is 2.25. The van der Waals surface area contributed by atoms with Gasteiger partial charge in [0.2, 0.25) is 6.10 Å². The Morgan fingerprint density at radius 2 is 1.81 bits per heavy atom. The molecule has 1 aliphatic rings. The Bertz CT molecular complexity index is 753. The third-order valence-electron chi connectivity index (χ3n) is 3.97. The smallest absolute Gasteiger partial charge is 0.493 e. The van der Waals surface area contributed by atoms with Crippen molar-refractivity contribution in [3.63, 3.8) is 0 Å². The van der Waals surface area contributed by atoms with Gasteiger partial charge in [0.15, 0.2) is 0 Å². The van der Waals surface area contributed by atoms with Gasteiger partial charge in [-0.05, 0) is 29.5 Å². The first-order chi connectivity index (χ1) is 12.3. The maximum absolute atomic E-state index is 9.75. The number of aliphatic hydroxyl groups is 2. The van der Waals surface area contributed by atoms with Crippen LogP contribution in [0, 0.1) is 0 Å². The first-order valence-corrected chi connectivity index (χ1v) is 8.75. The van der Waals surface area contributed by atoms with Crippen LogP contribution >= 0.6 is 0 Å². The van der Waals surface area contributed by atoms with Crippen LogP contribution in [0.4, 0.5) is 17.3 Å². The molecule has 0 radical (unpaired) electrons. The molecule has 0 bridgehead atoms. The minimum absolute atomic E-state index is 0.116. The van der Waals surface area contributed by atoms with Crippen LogP contribution in [0.15, 0.2) is 36.4 Å². The topological polar surface area (TPSA) is 22.0 Å². The molecule has 3 rings (SSSR count). The summed E-state index contributed by atoms with van der Waals surface area (Å²) >= 11 is 0. The van der Waals surface area contributed by atoms with E-state index in [1.54, 1.807) is 0 Å². The fraction of sp³-hybridized carbons (Fsp3) is 0.368. The second-order valence-electron chi connectivity index (χ2n) is 5.92. The van der Waals surface area contributed by atoms with Gasteiger partial charge in [0.1, 0.15) is 12.4 Å². The second-order valence-corrected chi connectivity index (χ2v) is 5.92. The Hall–Kier alpha value is -2.02. The van der Waals surface area contributed by atoms with E-state index in [9.17, 15) is 17.3 Å². The molecule has 0 spiro atoms. The van der Waals surface area contributed by atoms with Crippen molar-refractivity contribution in [2.24, 2.45) is 0 Å². The minimum atomic E-state index is -6.00. The SMILES string of the molecule is CCCCOc1ccc2cccc3c2c1C([OH+]CC)C=C3.F[B-](F)(F)F. The van der Waals surface area contributed by atoms with Crippen LogP contribution in [0.1, 0.15) is 43.9 Å². The van der Waals surface area contributed by atoms with Crippen molar-refractivity contribution in [3.8, 4) is 5.75 Å². The molecular weight excluding hydrogens is 347 g/mol. The molecule has 0 fully saturated rings. The van der Waals surface area contributed by atoms with Crippen molar-refractivity contribution in [1.82, 2.24) is 0 Å². The standard InChI is InChI=1S/C19H22O2.BF4/c1-3-5-13-21-17-12-10-15-8-6-7-14-9-11-16(20-4-2)19(17)18(14)15;2-1(3,4)5/h6-12,16H,3-5,13H2,1-2H3;/q;-1/p+1. The summed E-state index contributed by atoms with van der Waals surface area (Å²) in [6.45, 7) is 5.87. The van der Waals surface area contributed by atoms with Gasteiger partial charge in [0.05, 0.1) is 12.2 Å². The summed E-state index contributed by atoms with van der Waals surface area (Å²) in [5, 5.41) is 2.57. The maximum Gasteiger partial charge on any atom is 0.673 e. The quantitative estimate of drug-likeness (QED) is 0.267. The molecule has 0 heterocycles. The van der Waals surface area contributed by atoms with Crippen molar-refractivity contribution in [2.45, 2.75) is 32.8 Å². The van der Waals surface area contributed by atoms with Crippen molar-refractivity contribution >= 4 is 24.1 Å². The van der Waals surface area contributed by atoms with E-state index in [0.717, 1.165) is 31.8 Å². The minimum Gasteiger partial charge on any atom is -0.493 e. The second kappa shape index (κ2) is 9.08. The van der Waals surface area contributed by atoms with E-state index >= 15 is 0 Å². The highest BCUT2D eigenvalue weighted by Crippen LogP contribution is 2.40. The summed E-state index contributed by atoms with van der Waals surface area (Å²) in [6, 6.07) is 10.7. The number of hydrogen-bond acceptors (Lipinski definition) is 1. The number of benzene rings is 2. The van der Waals surface area contributed by atoms with Gasteiger partial charge in [0.25, 0.3) is 0 Å². The fourth-order valence-corrected chi connectivity index (χ4v) is 2.94. The summed E-state index contributed by atoms with van der Waals surface area (Å²) in [4.78, 5) is 0. The summed E-state index contributed by atoms with van der Waals surface area (Å²) in [5.41, 5.74) is 2.51. The summed E-state index contributed by atoms with van der Waals surface area (Å²) in [5.74, 6) is 0.995. The van der Waals surface area contributed by atoms with E-state index in [-0.39, 0.29) is 6.10 Å². The normalized spacial score (nSPS) is 15.5. The van der Waals surface area contributed by atoms with Crippen molar-refractivity contribution in [2.75, 3.05) is 13.2 Å². The highest BCUT2D eigenvalue weighted by molar-refractivity contribution is 6.50. The van der Waals surface area contributed by atoms with Crippen LogP contribution in [0.2, 0.25) is 0 Å². The lowest BCUT2D eigenvalue weighted by molar-refractivity contribution is -0.0736. The molecule has 0 saturated carbocycles. The van der Waals surface area contributed by atoms with Gasteiger partial charge in [-0.15, -0.1) is 0 Å². The average molecular weight is 370 g/mol. The van der Waals surface area contributed by atoms with Gasteiger partial charge >= 0.3 is 7.25 Å². The van der Waals surface area contributed by atoms with Crippen LogP contribution in [0.5, 0.6) is 5.75 Å². The van der Waals surface area contributed by atoms with E-state index in [1.807, 2.05) is 0 Å². The van der Waals surface area contributed by atoms with Gasteiger partial charge in [-0.1, -0.05) is 43.7 Å². The van der Waals surface area contributed by atoms with Crippen LogP contribution < -0.4 is 4.74 Å².